The van der Waals surface area contributed by atoms with E-state index in [2.05, 4.69) is 34.5 Å². The summed E-state index contributed by atoms with van der Waals surface area (Å²) < 4.78 is 0. The summed E-state index contributed by atoms with van der Waals surface area (Å²) in [5.41, 5.74) is 1.89. The maximum Gasteiger partial charge on any atom is 0.324 e. The molecule has 1 aliphatic heterocycles. The van der Waals surface area contributed by atoms with E-state index < -0.39 is 11.5 Å². The molecule has 2 N–H and O–H groups in total. The van der Waals surface area contributed by atoms with Gasteiger partial charge in [-0.1, -0.05) is 24.3 Å². The standard InChI is InChI=1S/C16H22N2O2/c1-16(15(19)20,17-14-6-7-14)11-18-9-8-12-4-2-3-5-13(12)10-18/h2-5,14,17H,6-11H2,1H3,(H,19,20). The van der Waals surface area contributed by atoms with Gasteiger partial charge in [-0.2, -0.15) is 0 Å². The van der Waals surface area contributed by atoms with Crippen molar-refractivity contribution in [3.8, 4) is 0 Å². The van der Waals surface area contributed by atoms with E-state index in [-0.39, 0.29) is 0 Å². The van der Waals surface area contributed by atoms with E-state index in [0.717, 1.165) is 32.4 Å². The van der Waals surface area contributed by atoms with Gasteiger partial charge in [0.05, 0.1) is 0 Å². The molecule has 3 rings (SSSR count). The minimum atomic E-state index is -0.840. The second-order valence-electron chi connectivity index (χ2n) is 6.29. The SMILES string of the molecule is CC(CN1CCc2ccccc2C1)(NC1CC1)C(=O)O. The Hall–Kier alpha value is -1.39. The van der Waals surface area contributed by atoms with Crippen LogP contribution in [-0.4, -0.2) is 40.6 Å². The van der Waals surface area contributed by atoms with E-state index in [1.807, 2.05) is 6.92 Å². The smallest absolute Gasteiger partial charge is 0.324 e. The number of fused-ring (bicyclic) bond motifs is 1. The molecule has 1 heterocycles. The zero-order valence-electron chi connectivity index (χ0n) is 11.9. The molecule has 4 nitrogen and oxygen atoms in total. The van der Waals surface area contributed by atoms with E-state index in [4.69, 9.17) is 0 Å². The van der Waals surface area contributed by atoms with Gasteiger partial charge in [-0.25, -0.2) is 0 Å². The molecule has 1 fully saturated rings. The second kappa shape index (κ2) is 5.19. The molecule has 20 heavy (non-hydrogen) atoms. The van der Waals surface area contributed by atoms with Crippen LogP contribution in [0.1, 0.15) is 30.9 Å². The number of carboxylic acid groups (broad SMARTS) is 1. The number of nitrogens with zero attached hydrogens (tertiary/aromatic N) is 1. The molecule has 1 aliphatic carbocycles. The largest absolute Gasteiger partial charge is 0.480 e. The lowest BCUT2D eigenvalue weighted by Gasteiger charge is -2.36. The minimum Gasteiger partial charge on any atom is -0.480 e. The number of aliphatic carboxylic acids is 1. The average molecular weight is 274 g/mol. The molecule has 1 saturated carbocycles. The van der Waals surface area contributed by atoms with Crippen LogP contribution in [0.5, 0.6) is 0 Å². The first-order valence-corrected chi connectivity index (χ1v) is 7.37. The Labute approximate surface area is 119 Å². The quantitative estimate of drug-likeness (QED) is 0.857. The van der Waals surface area contributed by atoms with Crippen LogP contribution in [-0.2, 0) is 17.8 Å². The number of nitrogens with one attached hydrogen (secondary N) is 1. The van der Waals surface area contributed by atoms with Crippen LogP contribution in [0.25, 0.3) is 0 Å². The summed E-state index contributed by atoms with van der Waals surface area (Å²) in [6.07, 6.45) is 3.21. The summed E-state index contributed by atoms with van der Waals surface area (Å²) in [6, 6.07) is 8.85. The van der Waals surface area contributed by atoms with Gasteiger partial charge in [-0.15, -0.1) is 0 Å². The van der Waals surface area contributed by atoms with Gasteiger partial charge in [0.15, 0.2) is 0 Å². The minimum absolute atomic E-state index is 0.396. The van der Waals surface area contributed by atoms with Gasteiger partial charge >= 0.3 is 5.97 Å². The Morgan fingerprint density at radius 3 is 2.75 bits per heavy atom. The van der Waals surface area contributed by atoms with Gasteiger partial charge in [0, 0.05) is 25.7 Å². The monoisotopic (exact) mass is 274 g/mol. The third-order valence-corrected chi connectivity index (χ3v) is 4.32. The van der Waals surface area contributed by atoms with Gasteiger partial charge in [-0.05, 0) is 37.3 Å². The molecule has 1 unspecified atom stereocenters. The third-order valence-electron chi connectivity index (χ3n) is 4.32. The van der Waals surface area contributed by atoms with Crippen molar-refractivity contribution >= 4 is 5.97 Å². The van der Waals surface area contributed by atoms with E-state index >= 15 is 0 Å². The highest BCUT2D eigenvalue weighted by molar-refractivity contribution is 5.78. The lowest BCUT2D eigenvalue weighted by Crippen LogP contribution is -2.58. The maximum absolute atomic E-state index is 11.6. The molecule has 1 aromatic rings. The summed E-state index contributed by atoms with van der Waals surface area (Å²) in [6.45, 7) is 4.17. The molecule has 0 aromatic heterocycles. The van der Waals surface area contributed by atoms with Crippen LogP contribution in [0.3, 0.4) is 0 Å². The molecule has 0 amide bonds. The molecule has 108 valence electrons. The van der Waals surface area contributed by atoms with E-state index in [9.17, 15) is 9.90 Å². The number of carbonyl (C=O) groups is 1. The molecule has 1 atom stereocenters. The zero-order valence-corrected chi connectivity index (χ0v) is 11.9. The van der Waals surface area contributed by atoms with Crippen LogP contribution in [0.4, 0.5) is 0 Å². The number of rotatable bonds is 5. The number of benzene rings is 1. The third kappa shape index (κ3) is 2.86. The van der Waals surface area contributed by atoms with Crippen LogP contribution in [0.15, 0.2) is 24.3 Å². The molecular weight excluding hydrogens is 252 g/mol. The molecule has 4 heteroatoms. The van der Waals surface area contributed by atoms with Crippen molar-refractivity contribution in [2.45, 2.75) is 44.3 Å². The molecule has 0 bridgehead atoms. The normalized spacial score (nSPS) is 22.1. The highest BCUT2D eigenvalue weighted by Crippen LogP contribution is 2.25. The Morgan fingerprint density at radius 2 is 2.10 bits per heavy atom. The van der Waals surface area contributed by atoms with Crippen LogP contribution in [0.2, 0.25) is 0 Å². The molecule has 0 radical (unpaired) electrons. The summed E-state index contributed by atoms with van der Waals surface area (Å²) in [7, 11) is 0. The Kier molecular flexibility index (Phi) is 3.52. The fourth-order valence-electron chi connectivity index (χ4n) is 2.99. The van der Waals surface area contributed by atoms with Gasteiger partial charge in [0.25, 0.3) is 0 Å². The van der Waals surface area contributed by atoms with E-state index in [1.54, 1.807) is 0 Å². The van der Waals surface area contributed by atoms with E-state index in [1.165, 1.54) is 11.1 Å². The van der Waals surface area contributed by atoms with Crippen molar-refractivity contribution in [2.24, 2.45) is 0 Å². The van der Waals surface area contributed by atoms with E-state index in [0.29, 0.717) is 12.6 Å². The first kappa shape index (κ1) is 13.6. The van der Waals surface area contributed by atoms with Crippen molar-refractivity contribution in [3.63, 3.8) is 0 Å². The van der Waals surface area contributed by atoms with Crippen molar-refractivity contribution in [3.05, 3.63) is 35.4 Å². The Balaban J connectivity index is 1.69. The lowest BCUT2D eigenvalue weighted by atomic mass is 9.96. The Bertz CT molecular complexity index is 513. The number of carboxylic acids is 1. The summed E-state index contributed by atoms with van der Waals surface area (Å²) in [5.74, 6) is -0.747. The number of hydrogen-bond donors (Lipinski definition) is 2. The number of hydrogen-bond acceptors (Lipinski definition) is 3. The topological polar surface area (TPSA) is 52.6 Å². The van der Waals surface area contributed by atoms with Crippen LogP contribution < -0.4 is 5.32 Å². The fraction of sp³-hybridized carbons (Fsp3) is 0.562. The molecule has 0 spiro atoms. The van der Waals surface area contributed by atoms with Gasteiger partial charge in [0.2, 0.25) is 0 Å². The summed E-state index contributed by atoms with van der Waals surface area (Å²) in [4.78, 5) is 13.9. The molecule has 2 aliphatic rings. The molecule has 0 saturated heterocycles. The van der Waals surface area contributed by atoms with Crippen molar-refractivity contribution in [1.29, 1.82) is 0 Å². The highest BCUT2D eigenvalue weighted by atomic mass is 16.4. The lowest BCUT2D eigenvalue weighted by molar-refractivity contribution is -0.145. The first-order chi connectivity index (χ1) is 9.57. The molecule has 1 aromatic carbocycles. The van der Waals surface area contributed by atoms with Crippen molar-refractivity contribution < 1.29 is 9.90 Å². The van der Waals surface area contributed by atoms with Crippen LogP contribution in [0, 0.1) is 0 Å². The highest BCUT2D eigenvalue weighted by Gasteiger charge is 2.40. The summed E-state index contributed by atoms with van der Waals surface area (Å²) >= 11 is 0. The second-order valence-corrected chi connectivity index (χ2v) is 6.29. The van der Waals surface area contributed by atoms with Gasteiger partial charge < -0.3 is 5.11 Å². The zero-order chi connectivity index (χ0) is 14.2. The summed E-state index contributed by atoms with van der Waals surface area (Å²) in [5, 5.41) is 12.8. The van der Waals surface area contributed by atoms with Gasteiger partial charge in [0.1, 0.15) is 5.54 Å². The predicted octanol–water partition coefficient (Wildman–Crippen LogP) is 1.64. The molecular formula is C16H22N2O2. The fourth-order valence-corrected chi connectivity index (χ4v) is 2.99. The maximum atomic E-state index is 11.6. The first-order valence-electron chi connectivity index (χ1n) is 7.37. The average Bonchev–Trinajstić information content (AvgIpc) is 3.22. The van der Waals surface area contributed by atoms with Crippen molar-refractivity contribution in [2.75, 3.05) is 13.1 Å². The van der Waals surface area contributed by atoms with Gasteiger partial charge in [-0.3, -0.25) is 15.0 Å². The predicted molar refractivity (Wildman–Crippen MR) is 77.6 cm³/mol. The Morgan fingerprint density at radius 1 is 1.40 bits per heavy atom. The van der Waals surface area contributed by atoms with Crippen molar-refractivity contribution in [1.82, 2.24) is 10.2 Å². The van der Waals surface area contributed by atoms with Crippen LogP contribution >= 0.6 is 0 Å².